The highest BCUT2D eigenvalue weighted by Crippen LogP contribution is 2.38. The van der Waals surface area contributed by atoms with Gasteiger partial charge in [0.05, 0.1) is 11.7 Å². The predicted molar refractivity (Wildman–Crippen MR) is 94.1 cm³/mol. The summed E-state index contributed by atoms with van der Waals surface area (Å²) in [6, 6.07) is 9.82. The van der Waals surface area contributed by atoms with Crippen molar-refractivity contribution in [3.05, 3.63) is 49.9 Å². The van der Waals surface area contributed by atoms with Gasteiger partial charge in [-0.2, -0.15) is 0 Å². The summed E-state index contributed by atoms with van der Waals surface area (Å²) in [5.74, 6) is -0.124. The molecule has 1 unspecified atom stereocenters. The Bertz CT molecular complexity index is 795. The summed E-state index contributed by atoms with van der Waals surface area (Å²) in [4.78, 5) is 14.2. The minimum atomic E-state index is -0.124. The molecular weight excluding hydrogens is 368 g/mol. The van der Waals surface area contributed by atoms with Crippen molar-refractivity contribution in [2.75, 3.05) is 5.73 Å². The number of nitrogens with two attached hydrogens (primary N) is 1. The van der Waals surface area contributed by atoms with Crippen LogP contribution in [0.25, 0.3) is 10.1 Å². The van der Waals surface area contributed by atoms with Crippen molar-refractivity contribution in [2.45, 2.75) is 13.0 Å². The largest absolute Gasteiger partial charge is 0.397 e. The zero-order chi connectivity index (χ0) is 15.0. The van der Waals surface area contributed by atoms with E-state index in [0.717, 1.165) is 19.4 Å². The van der Waals surface area contributed by atoms with Gasteiger partial charge in [0.25, 0.3) is 5.91 Å². The van der Waals surface area contributed by atoms with Crippen LogP contribution in [0.2, 0.25) is 0 Å². The number of anilines is 1. The molecule has 0 radical (unpaired) electrons. The standard InChI is InChI=1S/C15H13BrN2OS2/c1-8(10-6-3-7-20-10)18-15(19)14-13(17)12-9(16)4-2-5-11(12)21-14/h2-8H,17H2,1H3,(H,18,19). The molecule has 3 N–H and O–H groups in total. The van der Waals surface area contributed by atoms with E-state index in [9.17, 15) is 4.79 Å². The third kappa shape index (κ3) is 2.71. The van der Waals surface area contributed by atoms with E-state index in [0.29, 0.717) is 10.6 Å². The van der Waals surface area contributed by atoms with Gasteiger partial charge < -0.3 is 11.1 Å². The molecule has 0 aliphatic heterocycles. The molecule has 0 aliphatic carbocycles. The van der Waals surface area contributed by atoms with Gasteiger partial charge >= 0.3 is 0 Å². The molecule has 2 aromatic heterocycles. The first-order valence-electron chi connectivity index (χ1n) is 6.38. The summed E-state index contributed by atoms with van der Waals surface area (Å²) in [6.07, 6.45) is 0. The molecule has 0 saturated carbocycles. The van der Waals surface area contributed by atoms with Crippen LogP contribution < -0.4 is 11.1 Å². The average molecular weight is 381 g/mol. The lowest BCUT2D eigenvalue weighted by Gasteiger charge is -2.11. The quantitative estimate of drug-likeness (QED) is 0.685. The Kier molecular flexibility index (Phi) is 4.01. The summed E-state index contributed by atoms with van der Waals surface area (Å²) in [5, 5.41) is 5.92. The summed E-state index contributed by atoms with van der Waals surface area (Å²) in [7, 11) is 0. The number of nitrogens with one attached hydrogen (secondary N) is 1. The third-order valence-electron chi connectivity index (χ3n) is 3.23. The fourth-order valence-corrected chi connectivity index (χ4v) is 4.67. The average Bonchev–Trinajstić information content (AvgIpc) is 3.07. The zero-order valence-electron chi connectivity index (χ0n) is 11.2. The minimum absolute atomic E-state index is 0.0226. The Morgan fingerprint density at radius 1 is 1.33 bits per heavy atom. The number of rotatable bonds is 3. The molecular formula is C15H13BrN2OS2. The van der Waals surface area contributed by atoms with E-state index in [1.807, 2.05) is 42.6 Å². The van der Waals surface area contributed by atoms with E-state index >= 15 is 0 Å². The molecule has 3 nitrogen and oxygen atoms in total. The van der Waals surface area contributed by atoms with Crippen LogP contribution in [0, 0.1) is 0 Å². The molecule has 3 rings (SSSR count). The summed E-state index contributed by atoms with van der Waals surface area (Å²) >= 11 is 6.54. The maximum absolute atomic E-state index is 12.5. The molecule has 1 amide bonds. The van der Waals surface area contributed by atoms with Crippen LogP contribution in [0.1, 0.15) is 27.5 Å². The predicted octanol–water partition coefficient (Wildman–Crippen LogP) is 4.80. The van der Waals surface area contributed by atoms with E-state index in [4.69, 9.17) is 5.73 Å². The van der Waals surface area contributed by atoms with Gasteiger partial charge in [0.15, 0.2) is 0 Å². The van der Waals surface area contributed by atoms with Crippen molar-refractivity contribution in [1.82, 2.24) is 5.32 Å². The van der Waals surface area contributed by atoms with Crippen LogP contribution in [0.5, 0.6) is 0 Å². The number of carbonyl (C=O) groups excluding carboxylic acids is 1. The molecule has 0 aliphatic rings. The number of carbonyl (C=O) groups is 1. The number of hydrogen-bond acceptors (Lipinski definition) is 4. The maximum atomic E-state index is 12.5. The highest BCUT2D eigenvalue weighted by Gasteiger charge is 2.19. The number of halogens is 1. The Morgan fingerprint density at radius 3 is 2.81 bits per heavy atom. The number of amides is 1. The van der Waals surface area contributed by atoms with Gasteiger partial charge in [-0.1, -0.05) is 28.1 Å². The first-order valence-corrected chi connectivity index (χ1v) is 8.87. The van der Waals surface area contributed by atoms with Crippen LogP contribution in [0.15, 0.2) is 40.2 Å². The Morgan fingerprint density at radius 2 is 2.14 bits per heavy atom. The lowest BCUT2D eigenvalue weighted by atomic mass is 10.2. The molecule has 6 heteroatoms. The van der Waals surface area contributed by atoms with Crippen molar-refractivity contribution >= 4 is 60.3 Å². The van der Waals surface area contributed by atoms with Crippen molar-refractivity contribution in [3.8, 4) is 0 Å². The second kappa shape index (κ2) is 5.79. The van der Waals surface area contributed by atoms with Gasteiger partial charge in [0, 0.05) is 19.4 Å². The van der Waals surface area contributed by atoms with Gasteiger partial charge in [0.2, 0.25) is 0 Å². The molecule has 108 valence electrons. The SMILES string of the molecule is CC(NC(=O)c1sc2cccc(Br)c2c1N)c1cccs1. The molecule has 0 spiro atoms. The van der Waals surface area contributed by atoms with Crippen molar-refractivity contribution in [2.24, 2.45) is 0 Å². The Balaban J connectivity index is 1.92. The smallest absolute Gasteiger partial charge is 0.264 e. The third-order valence-corrected chi connectivity index (χ3v) is 6.11. The van der Waals surface area contributed by atoms with Crippen LogP contribution in [-0.4, -0.2) is 5.91 Å². The lowest BCUT2D eigenvalue weighted by molar-refractivity contribution is 0.0945. The number of fused-ring (bicyclic) bond motifs is 1. The fourth-order valence-electron chi connectivity index (χ4n) is 2.17. The highest BCUT2D eigenvalue weighted by atomic mass is 79.9. The Labute approximate surface area is 138 Å². The number of thiophene rings is 2. The molecule has 1 atom stereocenters. The van der Waals surface area contributed by atoms with Crippen molar-refractivity contribution in [1.29, 1.82) is 0 Å². The van der Waals surface area contributed by atoms with Gasteiger partial charge in [-0.3, -0.25) is 4.79 Å². The first kappa shape index (κ1) is 14.6. The van der Waals surface area contributed by atoms with E-state index in [1.54, 1.807) is 11.3 Å². The molecule has 0 bridgehead atoms. The van der Waals surface area contributed by atoms with Gasteiger partial charge in [-0.15, -0.1) is 22.7 Å². The van der Waals surface area contributed by atoms with E-state index in [-0.39, 0.29) is 11.9 Å². The molecule has 0 fully saturated rings. The van der Waals surface area contributed by atoms with Gasteiger partial charge in [-0.25, -0.2) is 0 Å². The fraction of sp³-hybridized carbons (Fsp3) is 0.133. The van der Waals surface area contributed by atoms with Crippen LogP contribution in [0.4, 0.5) is 5.69 Å². The topological polar surface area (TPSA) is 55.1 Å². The second-order valence-electron chi connectivity index (χ2n) is 4.67. The molecule has 1 aromatic carbocycles. The number of hydrogen-bond donors (Lipinski definition) is 2. The monoisotopic (exact) mass is 380 g/mol. The van der Waals surface area contributed by atoms with E-state index in [2.05, 4.69) is 21.2 Å². The first-order chi connectivity index (χ1) is 10.1. The van der Waals surface area contributed by atoms with Crippen LogP contribution >= 0.6 is 38.6 Å². The molecule has 2 heterocycles. The van der Waals surface area contributed by atoms with E-state index in [1.165, 1.54) is 11.3 Å². The second-order valence-corrected chi connectivity index (χ2v) is 7.55. The van der Waals surface area contributed by atoms with Crippen molar-refractivity contribution < 1.29 is 4.79 Å². The summed E-state index contributed by atoms with van der Waals surface area (Å²) in [5.41, 5.74) is 6.70. The van der Waals surface area contributed by atoms with Gasteiger partial charge in [-0.05, 0) is 30.5 Å². The lowest BCUT2D eigenvalue weighted by Crippen LogP contribution is -2.25. The normalized spacial score (nSPS) is 12.5. The summed E-state index contributed by atoms with van der Waals surface area (Å²) < 4.78 is 1.93. The maximum Gasteiger partial charge on any atom is 0.264 e. The molecule has 3 aromatic rings. The summed E-state index contributed by atoms with van der Waals surface area (Å²) in [6.45, 7) is 1.98. The molecule has 0 saturated heterocycles. The van der Waals surface area contributed by atoms with Gasteiger partial charge in [0.1, 0.15) is 4.88 Å². The van der Waals surface area contributed by atoms with E-state index < -0.39 is 0 Å². The zero-order valence-corrected chi connectivity index (χ0v) is 14.4. The number of benzene rings is 1. The van der Waals surface area contributed by atoms with Crippen LogP contribution in [0.3, 0.4) is 0 Å². The highest BCUT2D eigenvalue weighted by molar-refractivity contribution is 9.10. The van der Waals surface area contributed by atoms with Crippen molar-refractivity contribution in [3.63, 3.8) is 0 Å². The Hall–Kier alpha value is -1.37. The van der Waals surface area contributed by atoms with Crippen LogP contribution in [-0.2, 0) is 0 Å². The number of nitrogen functional groups attached to an aromatic ring is 1. The molecule has 21 heavy (non-hydrogen) atoms. The minimum Gasteiger partial charge on any atom is -0.397 e.